The van der Waals surface area contributed by atoms with Crippen LogP contribution in [-0.2, 0) is 19.1 Å². The minimum atomic E-state index is -2.05. The average molecular weight is 432 g/mol. The van der Waals surface area contributed by atoms with Crippen molar-refractivity contribution in [1.82, 2.24) is 0 Å². The lowest BCUT2D eigenvalue weighted by atomic mass is 9.44. The zero-order valence-corrected chi connectivity index (χ0v) is 18.1. The van der Waals surface area contributed by atoms with Gasteiger partial charge in [0.25, 0.3) is 0 Å². The van der Waals surface area contributed by atoms with Gasteiger partial charge in [-0.15, -0.1) is 0 Å². The number of hydrogen-bond acceptors (Lipinski definition) is 6. The van der Waals surface area contributed by atoms with Crippen LogP contribution in [0.25, 0.3) is 0 Å². The number of aliphatic hydroxyl groups is 2. The molecule has 2 N–H and O–H groups in total. The van der Waals surface area contributed by atoms with Crippen LogP contribution < -0.4 is 0 Å². The van der Waals surface area contributed by atoms with Crippen molar-refractivity contribution in [3.8, 4) is 0 Å². The van der Waals surface area contributed by atoms with Crippen molar-refractivity contribution in [1.29, 1.82) is 0 Å². The van der Waals surface area contributed by atoms with E-state index in [0.717, 1.165) is 0 Å². The van der Waals surface area contributed by atoms with Crippen LogP contribution in [0.15, 0.2) is 36.0 Å². The second kappa shape index (κ2) is 6.69. The molecule has 6 nitrogen and oxygen atoms in total. The standard InChI is InChI=1S/C24H29FO6/c1-13-9-18-17-6-5-15-10-16(27)7-8-21(15,3)23(17,25)19(28)11-22(18,4)24(13,30)20(29)12-31-14(2)26/h7-8,10,17-19,28,30H,1,5-6,9,11-12H2,2-4H3. The fraction of sp³-hybridized carbons (Fsp3) is 0.625. The van der Waals surface area contributed by atoms with Gasteiger partial charge < -0.3 is 14.9 Å². The summed E-state index contributed by atoms with van der Waals surface area (Å²) in [5, 5.41) is 22.8. The maximum Gasteiger partial charge on any atom is 0.303 e. The van der Waals surface area contributed by atoms with Crippen molar-refractivity contribution < 1.29 is 33.7 Å². The van der Waals surface area contributed by atoms with Crippen LogP contribution in [0.1, 0.15) is 46.5 Å². The van der Waals surface area contributed by atoms with Gasteiger partial charge in [0.2, 0.25) is 5.78 Å². The lowest BCUT2D eigenvalue weighted by molar-refractivity contribution is -0.215. The van der Waals surface area contributed by atoms with Crippen molar-refractivity contribution in [2.45, 2.75) is 63.8 Å². The number of hydrogen-bond donors (Lipinski definition) is 2. The summed E-state index contributed by atoms with van der Waals surface area (Å²) in [6.07, 6.45) is 3.86. The van der Waals surface area contributed by atoms with Gasteiger partial charge in [-0.3, -0.25) is 14.4 Å². The Bertz CT molecular complexity index is 952. The summed E-state index contributed by atoms with van der Waals surface area (Å²) < 4.78 is 21.8. The van der Waals surface area contributed by atoms with Crippen LogP contribution in [0.4, 0.5) is 4.39 Å². The second-order valence-electron chi connectivity index (χ2n) is 9.99. The molecule has 31 heavy (non-hydrogen) atoms. The first kappa shape index (κ1) is 22.1. The average Bonchev–Trinajstić information content (AvgIpc) is 2.89. The number of carbonyl (C=O) groups is 3. The highest BCUT2D eigenvalue weighted by Gasteiger charge is 2.75. The lowest BCUT2D eigenvalue weighted by Crippen LogP contribution is -2.69. The van der Waals surface area contributed by atoms with Crippen molar-refractivity contribution in [2.75, 3.05) is 6.61 Å². The Morgan fingerprint density at radius 2 is 2.00 bits per heavy atom. The minimum Gasteiger partial charge on any atom is -0.458 e. The SMILES string of the molecule is C=C1CC2C3CCC4=CC(=O)C=CC4(C)C3(F)C(O)CC2(C)C1(O)C(=O)COC(C)=O. The normalized spacial score (nSPS) is 46.0. The van der Waals surface area contributed by atoms with E-state index in [1.165, 1.54) is 19.1 Å². The number of esters is 1. The van der Waals surface area contributed by atoms with Crippen LogP contribution in [0, 0.1) is 22.7 Å². The lowest BCUT2D eigenvalue weighted by Gasteiger charge is -2.62. The van der Waals surface area contributed by atoms with Gasteiger partial charge in [-0.2, -0.15) is 0 Å². The van der Waals surface area contributed by atoms with E-state index in [2.05, 4.69) is 6.58 Å². The maximum absolute atomic E-state index is 17.0. The molecule has 3 saturated carbocycles. The molecule has 4 aliphatic carbocycles. The number of Topliss-reactive ketones (excluding diaryl/α,β-unsaturated/α-hetero) is 1. The molecule has 0 radical (unpaired) electrons. The summed E-state index contributed by atoms with van der Waals surface area (Å²) in [5.41, 5.74) is -5.46. The fourth-order valence-electron chi connectivity index (χ4n) is 6.96. The zero-order valence-electron chi connectivity index (χ0n) is 18.1. The van der Waals surface area contributed by atoms with Gasteiger partial charge in [-0.25, -0.2) is 4.39 Å². The van der Waals surface area contributed by atoms with Gasteiger partial charge in [-0.1, -0.05) is 25.2 Å². The molecule has 0 heterocycles. The summed E-state index contributed by atoms with van der Waals surface area (Å²) >= 11 is 0. The zero-order chi connectivity index (χ0) is 23.0. The molecule has 4 aliphatic rings. The Morgan fingerprint density at radius 1 is 1.32 bits per heavy atom. The monoisotopic (exact) mass is 432 g/mol. The van der Waals surface area contributed by atoms with Crippen LogP contribution in [0.3, 0.4) is 0 Å². The molecule has 0 spiro atoms. The van der Waals surface area contributed by atoms with E-state index in [-0.39, 0.29) is 24.2 Å². The van der Waals surface area contributed by atoms with Gasteiger partial charge >= 0.3 is 5.97 Å². The van der Waals surface area contributed by atoms with E-state index in [1.807, 2.05) is 0 Å². The van der Waals surface area contributed by atoms with Crippen LogP contribution in [0.5, 0.6) is 0 Å². The molecular weight excluding hydrogens is 403 g/mol. The Hall–Kier alpha value is -2.12. The first-order valence-electron chi connectivity index (χ1n) is 10.7. The maximum atomic E-state index is 17.0. The molecule has 0 aliphatic heterocycles. The molecule has 0 saturated heterocycles. The van der Waals surface area contributed by atoms with Gasteiger partial charge in [-0.05, 0) is 56.3 Å². The van der Waals surface area contributed by atoms with Gasteiger partial charge in [0.05, 0.1) is 6.10 Å². The number of carbonyl (C=O) groups excluding carboxylic acids is 3. The molecule has 7 heteroatoms. The molecule has 168 valence electrons. The van der Waals surface area contributed by atoms with E-state index >= 15 is 4.39 Å². The molecule has 0 aromatic heterocycles. The smallest absolute Gasteiger partial charge is 0.303 e. The molecule has 0 aromatic rings. The first-order valence-corrected chi connectivity index (χ1v) is 10.7. The van der Waals surface area contributed by atoms with Crippen LogP contribution in [-0.4, -0.2) is 51.7 Å². The van der Waals surface area contributed by atoms with E-state index in [0.29, 0.717) is 18.4 Å². The quantitative estimate of drug-likeness (QED) is 0.525. The number of ketones is 2. The summed E-state index contributed by atoms with van der Waals surface area (Å²) in [5.74, 6) is -2.63. The summed E-state index contributed by atoms with van der Waals surface area (Å²) in [6, 6.07) is 0. The van der Waals surface area contributed by atoms with E-state index in [1.54, 1.807) is 19.9 Å². The molecule has 7 atom stereocenters. The predicted molar refractivity (Wildman–Crippen MR) is 109 cm³/mol. The number of halogens is 1. The molecule has 0 amide bonds. The van der Waals surface area contributed by atoms with Gasteiger partial charge in [0, 0.05) is 23.7 Å². The number of fused-ring (bicyclic) bond motifs is 5. The van der Waals surface area contributed by atoms with E-state index < -0.39 is 58.4 Å². The highest BCUT2D eigenvalue weighted by Crippen LogP contribution is 2.70. The van der Waals surface area contributed by atoms with E-state index in [4.69, 9.17) is 4.74 Å². The molecule has 0 bridgehead atoms. The third-order valence-corrected chi connectivity index (χ3v) is 8.65. The Labute approximate surface area is 180 Å². The Morgan fingerprint density at radius 3 is 2.65 bits per heavy atom. The molecule has 4 rings (SSSR count). The number of ether oxygens (including phenoxy) is 1. The number of allylic oxidation sites excluding steroid dienone is 4. The molecular formula is C24H29FO6. The molecule has 0 aromatic carbocycles. The van der Waals surface area contributed by atoms with E-state index in [9.17, 15) is 24.6 Å². The van der Waals surface area contributed by atoms with Crippen molar-refractivity contribution in [2.24, 2.45) is 22.7 Å². The van der Waals surface area contributed by atoms with Gasteiger partial charge in [0.15, 0.2) is 23.7 Å². The number of alkyl halides is 1. The van der Waals surface area contributed by atoms with Crippen molar-refractivity contribution in [3.05, 3.63) is 36.0 Å². The summed E-state index contributed by atoms with van der Waals surface area (Å²) in [7, 11) is 0. The van der Waals surface area contributed by atoms with Crippen molar-refractivity contribution in [3.63, 3.8) is 0 Å². The Balaban J connectivity index is 1.77. The van der Waals surface area contributed by atoms with Crippen molar-refractivity contribution >= 4 is 17.5 Å². The topological polar surface area (TPSA) is 101 Å². The third-order valence-electron chi connectivity index (χ3n) is 8.65. The summed E-state index contributed by atoms with van der Waals surface area (Å²) in [6.45, 7) is 7.90. The van der Waals surface area contributed by atoms with Gasteiger partial charge in [0.1, 0.15) is 0 Å². The first-order chi connectivity index (χ1) is 14.3. The molecule has 3 fully saturated rings. The predicted octanol–water partition coefficient (Wildman–Crippen LogP) is 2.39. The fourth-order valence-corrected chi connectivity index (χ4v) is 6.96. The second-order valence-corrected chi connectivity index (χ2v) is 9.99. The number of aliphatic hydroxyl groups excluding tert-OH is 1. The minimum absolute atomic E-state index is 0.156. The molecule has 7 unspecified atom stereocenters. The number of rotatable bonds is 3. The van der Waals surface area contributed by atoms with Crippen LogP contribution >= 0.6 is 0 Å². The summed E-state index contributed by atoms with van der Waals surface area (Å²) in [4.78, 5) is 36.1. The highest BCUT2D eigenvalue weighted by molar-refractivity contribution is 6.01. The van der Waals surface area contributed by atoms with Crippen LogP contribution in [0.2, 0.25) is 0 Å². The largest absolute Gasteiger partial charge is 0.458 e. The highest BCUT2D eigenvalue weighted by atomic mass is 19.1. The Kier molecular flexibility index (Phi) is 4.77. The third kappa shape index (κ3) is 2.59.